The van der Waals surface area contributed by atoms with Crippen molar-refractivity contribution in [3.05, 3.63) is 71.3 Å². The van der Waals surface area contributed by atoms with Gasteiger partial charge in [0.1, 0.15) is 0 Å². The smallest absolute Gasteiger partial charge is 0.335 e. The van der Waals surface area contributed by atoms with Crippen LogP contribution in [0.4, 0.5) is 0 Å². The lowest BCUT2D eigenvalue weighted by Crippen LogP contribution is -2.06. The summed E-state index contributed by atoms with van der Waals surface area (Å²) < 4.78 is 12.1. The molecule has 0 aromatic heterocycles. The van der Waals surface area contributed by atoms with E-state index in [2.05, 4.69) is 0 Å². The lowest BCUT2D eigenvalue weighted by Gasteiger charge is -2.06. The number of hydrogen-bond donors (Lipinski definition) is 1. The minimum atomic E-state index is -1.11. The summed E-state index contributed by atoms with van der Waals surface area (Å²) in [5.41, 5.74) is 1.84. The molecule has 1 atom stereocenters. The molecule has 0 radical (unpaired) electrons. The number of rotatable bonds is 5. The quantitative estimate of drug-likeness (QED) is 0.912. The Bertz CT molecular complexity index is 593. The Balaban J connectivity index is 2.09. The Morgan fingerprint density at radius 3 is 2.26 bits per heavy atom. The van der Waals surface area contributed by atoms with Crippen LogP contribution in [0.15, 0.2) is 54.6 Å². The van der Waals surface area contributed by atoms with Crippen LogP contribution in [-0.2, 0) is 22.3 Å². The van der Waals surface area contributed by atoms with E-state index in [9.17, 15) is 9.00 Å². The van der Waals surface area contributed by atoms with Gasteiger partial charge in [-0.15, -0.1) is 0 Å². The van der Waals surface area contributed by atoms with E-state index in [1.807, 2.05) is 30.3 Å². The molecule has 2 aromatic carbocycles. The highest BCUT2D eigenvalue weighted by Gasteiger charge is 2.11. The molecule has 19 heavy (non-hydrogen) atoms. The maximum absolute atomic E-state index is 12.1. The number of carboxylic acid groups (broad SMARTS) is 1. The Morgan fingerprint density at radius 1 is 0.947 bits per heavy atom. The number of hydrogen-bond acceptors (Lipinski definition) is 2. The summed E-state index contributed by atoms with van der Waals surface area (Å²) in [6, 6.07) is 16.2. The summed E-state index contributed by atoms with van der Waals surface area (Å²) in [7, 11) is -1.11. The van der Waals surface area contributed by atoms with E-state index in [1.165, 1.54) is 6.07 Å². The van der Waals surface area contributed by atoms with Gasteiger partial charge >= 0.3 is 5.97 Å². The van der Waals surface area contributed by atoms with E-state index >= 15 is 0 Å². The molecule has 0 fully saturated rings. The molecule has 0 saturated heterocycles. The minimum absolute atomic E-state index is 0.226. The van der Waals surface area contributed by atoms with E-state index in [0.717, 1.165) is 5.56 Å². The molecule has 0 saturated carbocycles. The van der Waals surface area contributed by atoms with Crippen molar-refractivity contribution in [2.75, 3.05) is 0 Å². The molecule has 2 rings (SSSR count). The average Bonchev–Trinajstić information content (AvgIpc) is 2.40. The first-order chi connectivity index (χ1) is 9.16. The molecule has 2 aromatic rings. The van der Waals surface area contributed by atoms with Gasteiger partial charge in [-0.1, -0.05) is 48.5 Å². The normalized spacial score (nSPS) is 12.0. The molecule has 98 valence electrons. The maximum atomic E-state index is 12.1. The van der Waals surface area contributed by atoms with Crippen molar-refractivity contribution in [1.29, 1.82) is 0 Å². The Morgan fingerprint density at radius 2 is 1.58 bits per heavy atom. The van der Waals surface area contributed by atoms with Gasteiger partial charge in [0.25, 0.3) is 0 Å². The molecule has 0 aliphatic heterocycles. The van der Waals surface area contributed by atoms with Crippen LogP contribution < -0.4 is 0 Å². The van der Waals surface area contributed by atoms with Crippen molar-refractivity contribution in [2.45, 2.75) is 11.5 Å². The van der Waals surface area contributed by atoms with Crippen molar-refractivity contribution in [2.24, 2.45) is 0 Å². The monoisotopic (exact) mass is 274 g/mol. The Labute approximate surface area is 114 Å². The molecule has 0 bridgehead atoms. The highest BCUT2D eigenvalue weighted by Crippen LogP contribution is 2.13. The van der Waals surface area contributed by atoms with Gasteiger partial charge in [-0.05, 0) is 17.2 Å². The summed E-state index contributed by atoms with van der Waals surface area (Å²) in [6.07, 6.45) is 0. The minimum Gasteiger partial charge on any atom is -0.478 e. The third-order valence-corrected chi connectivity index (χ3v) is 4.02. The fourth-order valence-electron chi connectivity index (χ4n) is 1.84. The molecule has 0 aliphatic rings. The van der Waals surface area contributed by atoms with E-state index in [-0.39, 0.29) is 11.3 Å². The van der Waals surface area contributed by atoms with Crippen molar-refractivity contribution >= 4 is 16.8 Å². The van der Waals surface area contributed by atoms with Crippen LogP contribution >= 0.6 is 0 Å². The topological polar surface area (TPSA) is 54.4 Å². The van der Waals surface area contributed by atoms with Crippen LogP contribution in [0, 0.1) is 0 Å². The van der Waals surface area contributed by atoms with Gasteiger partial charge in [-0.25, -0.2) is 4.79 Å². The summed E-state index contributed by atoms with van der Waals surface area (Å²) in [5, 5.41) is 9.07. The van der Waals surface area contributed by atoms with Crippen LogP contribution in [0.25, 0.3) is 0 Å². The predicted octanol–water partition coefficient (Wildman–Crippen LogP) is 2.83. The second kappa shape index (κ2) is 6.29. The molecule has 1 unspecified atom stereocenters. The number of aromatic carboxylic acids is 1. The van der Waals surface area contributed by atoms with Gasteiger partial charge in [0, 0.05) is 22.3 Å². The standard InChI is InChI=1S/C15H14O3S/c16-15(17)14-9-5-4-8-13(14)11-19(18)10-12-6-2-1-3-7-12/h1-9H,10-11H2,(H,16,17). The molecule has 0 spiro atoms. The lowest BCUT2D eigenvalue weighted by atomic mass is 10.1. The molecule has 0 heterocycles. The first kappa shape index (κ1) is 13.5. The fourth-order valence-corrected chi connectivity index (χ4v) is 3.10. The van der Waals surface area contributed by atoms with Crippen LogP contribution in [0.1, 0.15) is 21.5 Å². The summed E-state index contributed by atoms with van der Waals surface area (Å²) in [6.45, 7) is 0. The Kier molecular flexibility index (Phi) is 4.47. The highest BCUT2D eigenvalue weighted by atomic mass is 32.2. The van der Waals surface area contributed by atoms with Gasteiger partial charge in [0.2, 0.25) is 0 Å². The Hall–Kier alpha value is -1.94. The summed E-state index contributed by atoms with van der Waals surface area (Å²) >= 11 is 0. The molecular weight excluding hydrogens is 260 g/mol. The van der Waals surface area contributed by atoms with E-state index < -0.39 is 16.8 Å². The number of carboxylic acids is 1. The molecule has 3 nitrogen and oxygen atoms in total. The van der Waals surface area contributed by atoms with Crippen molar-refractivity contribution in [3.8, 4) is 0 Å². The number of benzene rings is 2. The zero-order chi connectivity index (χ0) is 13.7. The van der Waals surface area contributed by atoms with Crippen LogP contribution in [-0.4, -0.2) is 15.3 Å². The fraction of sp³-hybridized carbons (Fsp3) is 0.133. The summed E-state index contributed by atoms with van der Waals surface area (Å²) in [4.78, 5) is 11.1. The van der Waals surface area contributed by atoms with Crippen molar-refractivity contribution in [1.82, 2.24) is 0 Å². The van der Waals surface area contributed by atoms with Crippen molar-refractivity contribution in [3.63, 3.8) is 0 Å². The SMILES string of the molecule is O=C(O)c1ccccc1CS(=O)Cc1ccccc1. The summed E-state index contributed by atoms with van der Waals surface area (Å²) in [5.74, 6) is -0.279. The third-order valence-electron chi connectivity index (χ3n) is 2.73. The average molecular weight is 274 g/mol. The van der Waals surface area contributed by atoms with E-state index in [1.54, 1.807) is 18.2 Å². The van der Waals surface area contributed by atoms with Gasteiger partial charge in [0.15, 0.2) is 0 Å². The van der Waals surface area contributed by atoms with Crippen LogP contribution in [0.2, 0.25) is 0 Å². The molecule has 1 N–H and O–H groups in total. The van der Waals surface area contributed by atoms with Gasteiger partial charge in [-0.3, -0.25) is 4.21 Å². The number of carbonyl (C=O) groups is 1. The maximum Gasteiger partial charge on any atom is 0.335 e. The zero-order valence-corrected chi connectivity index (χ0v) is 11.1. The van der Waals surface area contributed by atoms with Crippen molar-refractivity contribution < 1.29 is 14.1 Å². The highest BCUT2D eigenvalue weighted by molar-refractivity contribution is 7.83. The van der Waals surface area contributed by atoms with Gasteiger partial charge in [-0.2, -0.15) is 0 Å². The predicted molar refractivity (Wildman–Crippen MR) is 75.4 cm³/mol. The van der Waals surface area contributed by atoms with E-state index in [4.69, 9.17) is 5.11 Å². The first-order valence-electron chi connectivity index (χ1n) is 5.87. The second-order valence-corrected chi connectivity index (χ2v) is 5.63. The third kappa shape index (κ3) is 3.76. The zero-order valence-electron chi connectivity index (χ0n) is 10.3. The molecular formula is C15H14O3S. The largest absolute Gasteiger partial charge is 0.478 e. The van der Waals surface area contributed by atoms with E-state index in [0.29, 0.717) is 11.3 Å². The second-order valence-electron chi connectivity index (χ2n) is 4.18. The van der Waals surface area contributed by atoms with Crippen LogP contribution in [0.3, 0.4) is 0 Å². The van der Waals surface area contributed by atoms with Crippen LogP contribution in [0.5, 0.6) is 0 Å². The first-order valence-corrected chi connectivity index (χ1v) is 7.35. The van der Waals surface area contributed by atoms with Gasteiger partial charge < -0.3 is 5.11 Å². The molecule has 0 aliphatic carbocycles. The molecule has 0 amide bonds. The molecule has 4 heteroatoms. The van der Waals surface area contributed by atoms with Gasteiger partial charge in [0.05, 0.1) is 5.56 Å². The lowest BCUT2D eigenvalue weighted by molar-refractivity contribution is 0.0696.